The third kappa shape index (κ3) is 3.12. The Kier molecular flexibility index (Phi) is 3.92. The van der Waals surface area contributed by atoms with Crippen LogP contribution in [-0.4, -0.2) is 7.85 Å². The highest BCUT2D eigenvalue weighted by molar-refractivity contribution is 6.32. The Morgan fingerprint density at radius 3 is 2.33 bits per heavy atom. The van der Waals surface area contributed by atoms with Gasteiger partial charge in [-0.2, -0.15) is 0 Å². The normalized spacial score (nSPS) is 10.1. The van der Waals surface area contributed by atoms with Gasteiger partial charge >= 0.3 is 0 Å². The van der Waals surface area contributed by atoms with Crippen LogP contribution in [0.15, 0.2) is 24.3 Å². The Hall–Kier alpha value is -0.715. The van der Waals surface area contributed by atoms with E-state index in [1.165, 1.54) is 36.7 Å². The monoisotopic (exact) mass is 160 g/mol. The maximum atomic E-state index is 2.25. The van der Waals surface area contributed by atoms with Crippen LogP contribution >= 0.6 is 0 Å². The molecule has 0 unspecified atom stereocenters. The van der Waals surface area contributed by atoms with Crippen molar-refractivity contribution in [2.24, 2.45) is 0 Å². The minimum absolute atomic E-state index is 1.24. The summed E-state index contributed by atoms with van der Waals surface area (Å²) in [5.41, 5.74) is 2.84. The molecule has 0 radical (unpaired) electrons. The molecule has 0 aliphatic heterocycles. The molecule has 1 aromatic rings. The van der Waals surface area contributed by atoms with Crippen LogP contribution in [0.5, 0.6) is 0 Å². The van der Waals surface area contributed by atoms with E-state index in [0.717, 1.165) is 0 Å². The maximum absolute atomic E-state index is 2.25. The molecule has 0 atom stereocenters. The molecular formula is C11H17B. The largest absolute Gasteiger partial charge is 0.139 e. The van der Waals surface area contributed by atoms with Gasteiger partial charge in [0.1, 0.15) is 7.85 Å². The van der Waals surface area contributed by atoms with Gasteiger partial charge in [-0.3, -0.25) is 0 Å². The smallest absolute Gasteiger partial charge is 0.0889 e. The van der Waals surface area contributed by atoms with E-state index in [0.29, 0.717) is 0 Å². The summed E-state index contributed by atoms with van der Waals surface area (Å²) in [6, 6.07) is 8.87. The fraction of sp³-hybridized carbons (Fsp3) is 0.455. The van der Waals surface area contributed by atoms with E-state index in [2.05, 4.69) is 39.0 Å². The fourth-order valence-corrected chi connectivity index (χ4v) is 1.33. The number of aryl methyl sites for hydroxylation is 1. The van der Waals surface area contributed by atoms with Gasteiger partial charge in [-0.25, -0.2) is 0 Å². The number of unbranched alkanes of at least 4 members (excludes halogenated alkanes) is 2. The molecule has 0 saturated heterocycles. The highest BCUT2D eigenvalue weighted by atomic mass is 14.0. The molecule has 0 spiro atoms. The molecule has 0 bridgehead atoms. The first kappa shape index (κ1) is 9.37. The number of hydrogen-bond donors (Lipinski definition) is 0. The molecular weight excluding hydrogens is 143 g/mol. The average molecular weight is 160 g/mol. The summed E-state index contributed by atoms with van der Waals surface area (Å²) in [7, 11) is 2.13. The van der Waals surface area contributed by atoms with Gasteiger partial charge < -0.3 is 0 Å². The number of benzene rings is 1. The molecule has 0 amide bonds. The molecule has 0 aromatic heterocycles. The minimum Gasteiger partial charge on any atom is -0.0889 e. The van der Waals surface area contributed by atoms with Gasteiger partial charge in [0.15, 0.2) is 0 Å². The molecule has 0 saturated carbocycles. The Bertz CT molecular complexity index is 213. The number of hydrogen-bond acceptors (Lipinski definition) is 0. The van der Waals surface area contributed by atoms with E-state index in [-0.39, 0.29) is 0 Å². The van der Waals surface area contributed by atoms with Crippen LogP contribution in [0.2, 0.25) is 0 Å². The van der Waals surface area contributed by atoms with Crippen molar-refractivity contribution in [1.82, 2.24) is 0 Å². The molecule has 64 valence electrons. The molecule has 0 heterocycles. The highest BCUT2D eigenvalue weighted by Crippen LogP contribution is 2.04. The zero-order chi connectivity index (χ0) is 8.81. The van der Waals surface area contributed by atoms with E-state index in [4.69, 9.17) is 0 Å². The molecule has 1 aromatic carbocycles. The van der Waals surface area contributed by atoms with Crippen molar-refractivity contribution in [3.05, 3.63) is 29.8 Å². The SMILES string of the molecule is Bc1ccc(CCCCC)cc1. The van der Waals surface area contributed by atoms with Gasteiger partial charge in [-0.15, -0.1) is 0 Å². The average Bonchev–Trinajstić information content (AvgIpc) is 2.09. The van der Waals surface area contributed by atoms with E-state index < -0.39 is 0 Å². The van der Waals surface area contributed by atoms with Gasteiger partial charge in [0, 0.05) is 0 Å². The molecule has 0 N–H and O–H groups in total. The topological polar surface area (TPSA) is 0 Å². The summed E-state index contributed by atoms with van der Waals surface area (Å²) >= 11 is 0. The summed E-state index contributed by atoms with van der Waals surface area (Å²) in [4.78, 5) is 0. The van der Waals surface area contributed by atoms with Gasteiger partial charge in [0.25, 0.3) is 0 Å². The van der Waals surface area contributed by atoms with Crippen molar-refractivity contribution in [2.75, 3.05) is 0 Å². The van der Waals surface area contributed by atoms with E-state index in [9.17, 15) is 0 Å². The molecule has 12 heavy (non-hydrogen) atoms. The Morgan fingerprint density at radius 2 is 1.75 bits per heavy atom. The second-order valence-electron chi connectivity index (χ2n) is 3.44. The summed E-state index contributed by atoms with van der Waals surface area (Å²) in [5.74, 6) is 0. The minimum atomic E-state index is 1.24. The van der Waals surface area contributed by atoms with Crippen LogP contribution in [0, 0.1) is 0 Å². The first-order valence-corrected chi connectivity index (χ1v) is 4.88. The maximum Gasteiger partial charge on any atom is 0.139 e. The summed E-state index contributed by atoms with van der Waals surface area (Å²) in [6.45, 7) is 2.25. The van der Waals surface area contributed by atoms with Gasteiger partial charge in [0.05, 0.1) is 0 Å². The molecule has 1 rings (SSSR count). The molecule has 1 heteroatoms. The third-order valence-corrected chi connectivity index (χ3v) is 2.19. The van der Waals surface area contributed by atoms with Gasteiger partial charge in [-0.1, -0.05) is 49.5 Å². The standard InChI is InChI=1S/C11H17B/c1-2-3-4-5-10-6-8-11(12)9-7-10/h6-9H,2-5,12H2,1H3. The van der Waals surface area contributed by atoms with E-state index in [1.54, 1.807) is 0 Å². The first-order valence-electron chi connectivity index (χ1n) is 4.88. The van der Waals surface area contributed by atoms with Gasteiger partial charge in [0.2, 0.25) is 0 Å². The lowest BCUT2D eigenvalue weighted by molar-refractivity contribution is 0.717. The lowest BCUT2D eigenvalue weighted by Crippen LogP contribution is -2.00. The Balaban J connectivity index is 2.37. The second-order valence-corrected chi connectivity index (χ2v) is 3.44. The lowest BCUT2D eigenvalue weighted by Gasteiger charge is -2.00. The quantitative estimate of drug-likeness (QED) is 0.464. The number of rotatable bonds is 4. The van der Waals surface area contributed by atoms with Crippen LogP contribution in [0.3, 0.4) is 0 Å². The molecule has 0 fully saturated rings. The summed E-state index contributed by atoms with van der Waals surface area (Å²) in [5, 5.41) is 0. The van der Waals surface area contributed by atoms with Crippen molar-refractivity contribution in [3.8, 4) is 0 Å². The second kappa shape index (κ2) is 5.02. The van der Waals surface area contributed by atoms with Crippen LogP contribution in [0.25, 0.3) is 0 Å². The summed E-state index contributed by atoms with van der Waals surface area (Å²) < 4.78 is 0. The Labute approximate surface area is 76.4 Å². The predicted octanol–water partition coefficient (Wildman–Crippen LogP) is 1.68. The van der Waals surface area contributed by atoms with Crippen LogP contribution in [-0.2, 0) is 6.42 Å². The van der Waals surface area contributed by atoms with Crippen molar-refractivity contribution < 1.29 is 0 Å². The van der Waals surface area contributed by atoms with Crippen LogP contribution < -0.4 is 5.46 Å². The molecule has 0 nitrogen and oxygen atoms in total. The molecule has 0 aliphatic carbocycles. The van der Waals surface area contributed by atoms with Crippen LogP contribution in [0.1, 0.15) is 31.7 Å². The lowest BCUT2D eigenvalue weighted by atomic mass is 9.94. The summed E-state index contributed by atoms with van der Waals surface area (Å²) in [6.07, 6.45) is 5.24. The van der Waals surface area contributed by atoms with Gasteiger partial charge in [-0.05, 0) is 18.4 Å². The highest BCUT2D eigenvalue weighted by Gasteiger charge is 1.91. The fourth-order valence-electron chi connectivity index (χ4n) is 1.33. The molecule has 0 aliphatic rings. The van der Waals surface area contributed by atoms with E-state index >= 15 is 0 Å². The van der Waals surface area contributed by atoms with Crippen molar-refractivity contribution in [2.45, 2.75) is 32.6 Å². The third-order valence-electron chi connectivity index (χ3n) is 2.19. The van der Waals surface area contributed by atoms with E-state index in [1.807, 2.05) is 0 Å². The van der Waals surface area contributed by atoms with Crippen molar-refractivity contribution in [1.29, 1.82) is 0 Å². The van der Waals surface area contributed by atoms with Crippen molar-refractivity contribution >= 4 is 13.3 Å². The van der Waals surface area contributed by atoms with Crippen LogP contribution in [0.4, 0.5) is 0 Å². The zero-order valence-corrected chi connectivity index (χ0v) is 8.14. The Morgan fingerprint density at radius 1 is 1.08 bits per heavy atom. The first-order chi connectivity index (χ1) is 5.83. The van der Waals surface area contributed by atoms with Crippen molar-refractivity contribution in [3.63, 3.8) is 0 Å². The predicted molar refractivity (Wildman–Crippen MR) is 57.8 cm³/mol. The zero-order valence-electron chi connectivity index (χ0n) is 8.14.